The lowest BCUT2D eigenvalue weighted by atomic mass is 9.90. The van der Waals surface area contributed by atoms with Crippen LogP contribution in [-0.4, -0.2) is 41.2 Å². The predicted octanol–water partition coefficient (Wildman–Crippen LogP) is 5.05. The molecule has 0 radical (unpaired) electrons. The molecule has 1 aliphatic heterocycles. The second kappa shape index (κ2) is 7.21. The van der Waals surface area contributed by atoms with Gasteiger partial charge in [0, 0.05) is 6.54 Å². The van der Waals surface area contributed by atoms with Crippen molar-refractivity contribution in [1.82, 2.24) is 9.91 Å². The number of unbranched alkanes of at least 4 members (excludes halogenated alkanes) is 3. The van der Waals surface area contributed by atoms with Gasteiger partial charge in [-0.3, -0.25) is 9.91 Å². The molecule has 1 aliphatic rings. The van der Waals surface area contributed by atoms with Crippen LogP contribution in [0.3, 0.4) is 0 Å². The molecule has 1 unspecified atom stereocenters. The van der Waals surface area contributed by atoms with Crippen molar-refractivity contribution in [2.75, 3.05) is 6.54 Å². The molecular formula is C15H26F5N3. The summed E-state index contributed by atoms with van der Waals surface area (Å²) < 4.78 is 65.6. The number of alkyl halides is 5. The van der Waals surface area contributed by atoms with Gasteiger partial charge in [-0.15, -0.1) is 0 Å². The van der Waals surface area contributed by atoms with Crippen molar-refractivity contribution < 1.29 is 22.0 Å². The molecule has 1 atom stereocenters. The molecule has 0 spiro atoms. The zero-order valence-electron chi connectivity index (χ0n) is 14.1. The number of nitrogens with zero attached hydrogens (tertiary/aromatic N) is 3. The molecule has 0 fully saturated rings. The number of halogens is 5. The van der Waals surface area contributed by atoms with Gasteiger partial charge >= 0.3 is 12.2 Å². The summed E-state index contributed by atoms with van der Waals surface area (Å²) in [4.78, 5) is 0.0536. The van der Waals surface area contributed by atoms with Crippen LogP contribution in [0, 0.1) is 5.41 Å². The minimum Gasteiger partial charge on any atom is -0.273 e. The molecule has 1 rings (SSSR count). The second-order valence-electron chi connectivity index (χ2n) is 7.15. The average molecular weight is 343 g/mol. The standard InChI is InChI=1S/C15H26F5N3/c1-5-6-7-8-9-23-12(10-13(2,3)4)22(11-21-23)15(19,20)14(16,17)18/h11-12H,5-10H2,1-4H3. The van der Waals surface area contributed by atoms with Crippen molar-refractivity contribution in [1.29, 1.82) is 0 Å². The highest BCUT2D eigenvalue weighted by Gasteiger charge is 2.64. The summed E-state index contributed by atoms with van der Waals surface area (Å²) in [6, 6.07) is -4.93. The quantitative estimate of drug-likeness (QED) is 0.366. The van der Waals surface area contributed by atoms with Crippen LogP contribution in [0.25, 0.3) is 0 Å². The number of rotatable bonds is 7. The summed E-state index contributed by atoms with van der Waals surface area (Å²) in [6.07, 6.45) is -2.29. The lowest BCUT2D eigenvalue weighted by molar-refractivity contribution is -0.334. The Labute approximate surface area is 134 Å². The molecule has 0 saturated heterocycles. The van der Waals surface area contributed by atoms with Crippen molar-refractivity contribution in [3.63, 3.8) is 0 Å². The van der Waals surface area contributed by atoms with Crippen LogP contribution in [0.15, 0.2) is 5.10 Å². The van der Waals surface area contributed by atoms with E-state index in [0.29, 0.717) is 12.9 Å². The van der Waals surface area contributed by atoms with Gasteiger partial charge in [-0.2, -0.15) is 27.1 Å². The van der Waals surface area contributed by atoms with Gasteiger partial charge in [0.15, 0.2) is 0 Å². The molecule has 0 amide bonds. The summed E-state index contributed by atoms with van der Waals surface area (Å²) in [7, 11) is 0. The minimum absolute atomic E-state index is 0.0536. The SMILES string of the molecule is CCCCCCN1N=CN(C(F)(F)C(F)(F)F)C1CC(C)(C)C. The van der Waals surface area contributed by atoms with Crippen LogP contribution in [0.4, 0.5) is 22.0 Å². The smallest absolute Gasteiger partial charge is 0.273 e. The largest absolute Gasteiger partial charge is 0.475 e. The molecule has 0 aromatic rings. The lowest BCUT2D eigenvalue weighted by Crippen LogP contribution is -2.57. The molecule has 136 valence electrons. The summed E-state index contributed by atoms with van der Waals surface area (Å²) >= 11 is 0. The number of hydrogen-bond acceptors (Lipinski definition) is 3. The van der Waals surface area contributed by atoms with Gasteiger partial charge in [-0.05, 0) is 18.3 Å². The Bertz CT molecular complexity index is 401. The van der Waals surface area contributed by atoms with Crippen LogP contribution in [0.5, 0.6) is 0 Å². The van der Waals surface area contributed by atoms with E-state index >= 15 is 0 Å². The molecule has 8 heteroatoms. The Morgan fingerprint density at radius 2 is 1.61 bits per heavy atom. The first-order chi connectivity index (χ1) is 10.4. The first kappa shape index (κ1) is 20.0. The summed E-state index contributed by atoms with van der Waals surface area (Å²) in [6.45, 7) is 7.85. The number of hydrogen-bond donors (Lipinski definition) is 0. The highest BCUT2D eigenvalue weighted by Crippen LogP contribution is 2.42. The lowest BCUT2D eigenvalue weighted by Gasteiger charge is -2.38. The zero-order chi connectivity index (χ0) is 17.9. The highest BCUT2D eigenvalue weighted by molar-refractivity contribution is 5.58. The molecule has 0 saturated carbocycles. The van der Waals surface area contributed by atoms with Crippen molar-refractivity contribution in [3.05, 3.63) is 0 Å². The van der Waals surface area contributed by atoms with E-state index in [4.69, 9.17) is 0 Å². The topological polar surface area (TPSA) is 18.8 Å². The van der Waals surface area contributed by atoms with Crippen molar-refractivity contribution in [2.24, 2.45) is 10.5 Å². The Morgan fingerprint density at radius 3 is 2.09 bits per heavy atom. The van der Waals surface area contributed by atoms with Crippen LogP contribution < -0.4 is 0 Å². The monoisotopic (exact) mass is 343 g/mol. The van der Waals surface area contributed by atoms with Gasteiger partial charge in [0.05, 0.1) is 0 Å². The van der Waals surface area contributed by atoms with Gasteiger partial charge in [0.2, 0.25) is 0 Å². The summed E-state index contributed by atoms with van der Waals surface area (Å²) in [5.41, 5.74) is -0.403. The maximum Gasteiger partial charge on any atom is 0.475 e. The summed E-state index contributed by atoms with van der Waals surface area (Å²) in [5, 5.41) is 5.18. The third kappa shape index (κ3) is 5.21. The fourth-order valence-corrected chi connectivity index (χ4v) is 2.48. The van der Waals surface area contributed by atoms with E-state index in [9.17, 15) is 22.0 Å². The normalized spacial score (nSPS) is 19.8. The van der Waals surface area contributed by atoms with Gasteiger partial charge in [0.25, 0.3) is 0 Å². The average Bonchev–Trinajstić information content (AvgIpc) is 2.74. The maximum atomic E-state index is 13.8. The van der Waals surface area contributed by atoms with Gasteiger partial charge in [-0.25, -0.2) is 0 Å². The van der Waals surface area contributed by atoms with Crippen molar-refractivity contribution >= 4 is 6.34 Å². The molecular weight excluding hydrogens is 317 g/mol. The Kier molecular flexibility index (Phi) is 6.26. The van der Waals surface area contributed by atoms with Crippen LogP contribution in [0.2, 0.25) is 0 Å². The van der Waals surface area contributed by atoms with Gasteiger partial charge in [-0.1, -0.05) is 47.0 Å². The third-order valence-electron chi connectivity index (χ3n) is 3.69. The number of hydrazone groups is 1. The first-order valence-corrected chi connectivity index (χ1v) is 7.94. The van der Waals surface area contributed by atoms with Crippen molar-refractivity contribution in [3.8, 4) is 0 Å². The van der Waals surface area contributed by atoms with Gasteiger partial charge < -0.3 is 0 Å². The van der Waals surface area contributed by atoms with E-state index in [1.807, 2.05) is 27.7 Å². The zero-order valence-corrected chi connectivity index (χ0v) is 14.1. The van der Waals surface area contributed by atoms with E-state index in [0.717, 1.165) is 25.7 Å². The fraction of sp³-hybridized carbons (Fsp3) is 0.933. The van der Waals surface area contributed by atoms with E-state index < -0.39 is 23.8 Å². The molecule has 0 bridgehead atoms. The molecule has 0 aliphatic carbocycles. The third-order valence-corrected chi connectivity index (χ3v) is 3.69. The Balaban J connectivity index is 2.88. The molecule has 3 nitrogen and oxygen atoms in total. The van der Waals surface area contributed by atoms with E-state index in [-0.39, 0.29) is 11.3 Å². The predicted molar refractivity (Wildman–Crippen MR) is 80.0 cm³/mol. The van der Waals surface area contributed by atoms with E-state index in [2.05, 4.69) is 5.10 Å². The molecule has 23 heavy (non-hydrogen) atoms. The van der Waals surface area contributed by atoms with E-state index in [1.54, 1.807) is 0 Å². The maximum absolute atomic E-state index is 13.8. The first-order valence-electron chi connectivity index (χ1n) is 7.94. The highest BCUT2D eigenvalue weighted by atomic mass is 19.4. The Hall–Kier alpha value is -1.08. The molecule has 1 heterocycles. The van der Waals surface area contributed by atoms with Crippen LogP contribution >= 0.6 is 0 Å². The van der Waals surface area contributed by atoms with Gasteiger partial charge in [0.1, 0.15) is 12.5 Å². The van der Waals surface area contributed by atoms with Crippen molar-refractivity contribution in [2.45, 2.75) is 78.2 Å². The fourth-order valence-electron chi connectivity index (χ4n) is 2.48. The molecule has 0 aromatic carbocycles. The minimum atomic E-state index is -5.63. The Morgan fingerprint density at radius 1 is 1.00 bits per heavy atom. The van der Waals surface area contributed by atoms with Crippen LogP contribution in [-0.2, 0) is 0 Å². The second-order valence-corrected chi connectivity index (χ2v) is 7.15. The van der Waals surface area contributed by atoms with E-state index in [1.165, 1.54) is 5.01 Å². The summed E-state index contributed by atoms with van der Waals surface area (Å²) in [5.74, 6) is 0. The molecule has 0 N–H and O–H groups in total. The van der Waals surface area contributed by atoms with Crippen LogP contribution in [0.1, 0.15) is 59.8 Å². The molecule has 0 aromatic heterocycles.